The third kappa shape index (κ3) is 2.13. The number of ether oxygens (including phenoxy) is 1. The van der Waals surface area contributed by atoms with E-state index in [4.69, 9.17) is 21.6 Å². The van der Waals surface area contributed by atoms with Gasteiger partial charge in [-0.25, -0.2) is 0 Å². The Labute approximate surface area is 135 Å². The Morgan fingerprint density at radius 1 is 1.23 bits per heavy atom. The van der Waals surface area contributed by atoms with Crippen molar-refractivity contribution in [1.82, 2.24) is 0 Å². The van der Waals surface area contributed by atoms with Gasteiger partial charge >= 0.3 is 5.97 Å². The van der Waals surface area contributed by atoms with Gasteiger partial charge < -0.3 is 4.74 Å². The minimum absolute atomic E-state index is 0.186. The number of benzene rings is 1. The summed E-state index contributed by atoms with van der Waals surface area (Å²) in [6.45, 7) is 0. The maximum absolute atomic E-state index is 12.9. The van der Waals surface area contributed by atoms with Gasteiger partial charge in [0, 0.05) is 4.87 Å². The van der Waals surface area contributed by atoms with Gasteiger partial charge in [0.25, 0.3) is 0 Å². The third-order valence-electron chi connectivity index (χ3n) is 5.63. The van der Waals surface area contributed by atoms with Crippen molar-refractivity contribution in [2.75, 3.05) is 0 Å². The number of rotatable bonds is 2. The van der Waals surface area contributed by atoms with Gasteiger partial charge in [0.05, 0.1) is 11.0 Å². The lowest BCUT2D eigenvalue weighted by Gasteiger charge is -2.58. The first-order valence-corrected chi connectivity index (χ1v) is 8.30. The van der Waals surface area contributed by atoms with Gasteiger partial charge in [0.1, 0.15) is 11.8 Å². The molecule has 1 aromatic rings. The van der Waals surface area contributed by atoms with Gasteiger partial charge in [0.15, 0.2) is 0 Å². The maximum Gasteiger partial charge on any atom is 0.317 e. The number of carbonyl (C=O) groups is 1. The number of esters is 1. The summed E-state index contributed by atoms with van der Waals surface area (Å²) in [5.74, 6) is 1.29. The highest BCUT2D eigenvalue weighted by Crippen LogP contribution is 2.64. The van der Waals surface area contributed by atoms with E-state index in [-0.39, 0.29) is 10.8 Å². The van der Waals surface area contributed by atoms with Crippen molar-refractivity contribution in [3.05, 3.63) is 29.8 Å². The number of nitrogens with zero attached hydrogens (tertiary/aromatic N) is 1. The fourth-order valence-corrected chi connectivity index (χ4v) is 5.94. The normalized spacial score (nSPS) is 38.5. The van der Waals surface area contributed by atoms with E-state index >= 15 is 0 Å². The molecule has 2 atom stereocenters. The summed E-state index contributed by atoms with van der Waals surface area (Å²) in [6.07, 6.45) is 5.79. The second kappa shape index (κ2) is 4.73. The summed E-state index contributed by atoms with van der Waals surface area (Å²) in [7, 11) is 0. The first-order valence-electron chi connectivity index (χ1n) is 7.92. The number of hydrogen-bond acceptors (Lipinski definition) is 3. The second-order valence-electron chi connectivity index (χ2n) is 7.39. The van der Waals surface area contributed by atoms with E-state index in [0.29, 0.717) is 23.1 Å². The zero-order chi connectivity index (χ0) is 15.4. The molecule has 4 saturated carbocycles. The molecule has 3 nitrogen and oxygen atoms in total. The summed E-state index contributed by atoms with van der Waals surface area (Å²) in [4.78, 5) is 12.7. The third-order valence-corrected chi connectivity index (χ3v) is 6.08. The molecule has 0 radical (unpaired) electrons. The quantitative estimate of drug-likeness (QED) is 0.470. The van der Waals surface area contributed by atoms with Gasteiger partial charge in [-0.15, -0.1) is 11.6 Å². The SMILES string of the molecule is N#Cc1ccccc1OC(=O)C12C[C@@H]3C[C@H](CC(Cl)(C3)C1)C2. The van der Waals surface area contributed by atoms with Crippen LogP contribution in [0.15, 0.2) is 24.3 Å². The van der Waals surface area contributed by atoms with Crippen molar-refractivity contribution < 1.29 is 9.53 Å². The summed E-state index contributed by atoms with van der Waals surface area (Å²) in [6, 6.07) is 8.99. The van der Waals surface area contributed by atoms with Crippen molar-refractivity contribution >= 4 is 17.6 Å². The smallest absolute Gasteiger partial charge is 0.317 e. The molecular formula is C18H18ClNO2. The van der Waals surface area contributed by atoms with Crippen molar-refractivity contribution in [2.45, 2.75) is 43.4 Å². The van der Waals surface area contributed by atoms with Gasteiger partial charge in [-0.05, 0) is 62.5 Å². The van der Waals surface area contributed by atoms with Crippen LogP contribution in [0.2, 0.25) is 0 Å². The number of nitriles is 1. The van der Waals surface area contributed by atoms with E-state index < -0.39 is 5.41 Å². The van der Waals surface area contributed by atoms with E-state index in [2.05, 4.69) is 6.07 Å². The summed E-state index contributed by atoms with van der Waals surface area (Å²) >= 11 is 6.77. The molecule has 114 valence electrons. The summed E-state index contributed by atoms with van der Waals surface area (Å²) < 4.78 is 5.65. The minimum Gasteiger partial charge on any atom is -0.425 e. The zero-order valence-corrected chi connectivity index (χ0v) is 13.1. The first kappa shape index (κ1) is 14.1. The Bertz CT molecular complexity index is 664. The standard InChI is InChI=1S/C18H18ClNO2/c19-18-8-12-5-13(9-18)7-17(6-12,11-18)16(21)22-15-4-2-1-3-14(15)10-20/h1-4,12-13H,5-9,11H2/t12-,13-,17?,18?/m0/s1. The molecule has 0 aromatic heterocycles. The molecule has 0 aliphatic heterocycles. The predicted molar refractivity (Wildman–Crippen MR) is 82.5 cm³/mol. The van der Waals surface area contributed by atoms with Gasteiger partial charge in [0.2, 0.25) is 0 Å². The van der Waals surface area contributed by atoms with E-state index in [1.165, 1.54) is 6.42 Å². The molecule has 0 N–H and O–H groups in total. The molecule has 4 fully saturated rings. The Morgan fingerprint density at radius 3 is 2.55 bits per heavy atom. The molecule has 0 unspecified atom stereocenters. The number of halogens is 1. The van der Waals surface area contributed by atoms with Crippen molar-refractivity contribution in [1.29, 1.82) is 5.26 Å². The number of carbonyl (C=O) groups excluding carboxylic acids is 1. The molecular weight excluding hydrogens is 298 g/mol. The monoisotopic (exact) mass is 315 g/mol. The van der Waals surface area contributed by atoms with Crippen LogP contribution in [0, 0.1) is 28.6 Å². The maximum atomic E-state index is 12.9. The molecule has 1 aromatic carbocycles. The van der Waals surface area contributed by atoms with E-state index in [9.17, 15) is 4.79 Å². The van der Waals surface area contributed by atoms with E-state index in [0.717, 1.165) is 32.1 Å². The van der Waals surface area contributed by atoms with E-state index in [1.54, 1.807) is 24.3 Å². The Hall–Kier alpha value is -1.53. The molecule has 4 aliphatic rings. The summed E-state index contributed by atoms with van der Waals surface area (Å²) in [5, 5.41) is 9.14. The predicted octanol–water partition coefficient (Wildman–Crippen LogP) is 4.04. The molecule has 4 bridgehead atoms. The molecule has 22 heavy (non-hydrogen) atoms. The number of hydrogen-bond donors (Lipinski definition) is 0. The average molecular weight is 316 g/mol. The molecule has 4 heteroatoms. The van der Waals surface area contributed by atoms with Crippen LogP contribution in [0.25, 0.3) is 0 Å². The highest BCUT2D eigenvalue weighted by Gasteiger charge is 2.60. The Morgan fingerprint density at radius 2 is 1.91 bits per heavy atom. The highest BCUT2D eigenvalue weighted by molar-refractivity contribution is 6.24. The fraction of sp³-hybridized carbons (Fsp3) is 0.556. The first-order chi connectivity index (χ1) is 10.5. The Balaban J connectivity index is 1.62. The molecule has 0 spiro atoms. The molecule has 4 aliphatic carbocycles. The topological polar surface area (TPSA) is 50.1 Å². The van der Waals surface area contributed by atoms with Gasteiger partial charge in [-0.3, -0.25) is 4.79 Å². The fourth-order valence-electron chi connectivity index (χ4n) is 5.25. The number of alkyl halides is 1. The van der Waals surface area contributed by atoms with Crippen LogP contribution in [0.3, 0.4) is 0 Å². The van der Waals surface area contributed by atoms with Crippen LogP contribution < -0.4 is 4.74 Å². The lowest BCUT2D eigenvalue weighted by atomic mass is 9.49. The molecule has 0 saturated heterocycles. The van der Waals surface area contributed by atoms with Crippen molar-refractivity contribution in [2.24, 2.45) is 17.3 Å². The van der Waals surface area contributed by atoms with Crippen molar-refractivity contribution in [3.8, 4) is 11.8 Å². The van der Waals surface area contributed by atoms with Crippen LogP contribution in [-0.4, -0.2) is 10.8 Å². The van der Waals surface area contributed by atoms with Crippen LogP contribution in [-0.2, 0) is 4.79 Å². The van der Waals surface area contributed by atoms with Crippen LogP contribution >= 0.6 is 11.6 Å². The van der Waals surface area contributed by atoms with Crippen LogP contribution in [0.4, 0.5) is 0 Å². The molecule has 0 amide bonds. The lowest BCUT2D eigenvalue weighted by Crippen LogP contribution is -2.56. The lowest BCUT2D eigenvalue weighted by molar-refractivity contribution is -0.160. The van der Waals surface area contributed by atoms with E-state index in [1.807, 2.05) is 0 Å². The summed E-state index contributed by atoms with van der Waals surface area (Å²) in [5.41, 5.74) is -0.0323. The minimum atomic E-state index is -0.436. The average Bonchev–Trinajstić information content (AvgIpc) is 2.45. The largest absolute Gasteiger partial charge is 0.425 e. The van der Waals surface area contributed by atoms with Crippen LogP contribution in [0.5, 0.6) is 5.75 Å². The van der Waals surface area contributed by atoms with Crippen molar-refractivity contribution in [3.63, 3.8) is 0 Å². The van der Waals surface area contributed by atoms with Gasteiger partial charge in [-0.1, -0.05) is 12.1 Å². The zero-order valence-electron chi connectivity index (χ0n) is 12.3. The van der Waals surface area contributed by atoms with Crippen LogP contribution in [0.1, 0.15) is 44.1 Å². The van der Waals surface area contributed by atoms with Gasteiger partial charge in [-0.2, -0.15) is 5.26 Å². The molecule has 0 heterocycles. The number of para-hydroxylation sites is 1. The Kier molecular flexibility index (Phi) is 3.03. The molecule has 5 rings (SSSR count). The highest BCUT2D eigenvalue weighted by atomic mass is 35.5. The second-order valence-corrected chi connectivity index (χ2v) is 8.19.